The van der Waals surface area contributed by atoms with E-state index in [1.165, 1.54) is 12.3 Å². The van der Waals surface area contributed by atoms with E-state index in [9.17, 15) is 9.59 Å². The maximum Gasteiger partial charge on any atom is 0.270 e. The van der Waals surface area contributed by atoms with E-state index >= 15 is 0 Å². The Bertz CT molecular complexity index is 555. The fourth-order valence-electron chi connectivity index (χ4n) is 1.44. The topological polar surface area (TPSA) is 72.0 Å². The first-order valence-electron chi connectivity index (χ1n) is 5.41. The van der Waals surface area contributed by atoms with Gasteiger partial charge in [0.15, 0.2) is 5.82 Å². The van der Waals surface area contributed by atoms with Gasteiger partial charge in [-0.25, -0.2) is 9.97 Å². The summed E-state index contributed by atoms with van der Waals surface area (Å²) in [4.78, 5) is 30.1. The van der Waals surface area contributed by atoms with Crippen LogP contribution in [0.15, 0.2) is 42.6 Å². The number of hydrogen-bond donors (Lipinski definition) is 1. The van der Waals surface area contributed by atoms with Crippen LogP contribution in [0.4, 0.5) is 0 Å². The van der Waals surface area contributed by atoms with Crippen molar-refractivity contribution in [1.82, 2.24) is 15.3 Å². The first-order chi connectivity index (χ1) is 8.81. The van der Waals surface area contributed by atoms with Gasteiger partial charge in [0.2, 0.25) is 0 Å². The lowest BCUT2D eigenvalue weighted by atomic mass is 10.2. The number of carbonyl (C=O) groups excluding carboxylic acids is 2. The molecule has 90 valence electrons. The largest absolute Gasteiger partial charge is 0.344 e. The molecule has 0 aliphatic rings. The zero-order chi connectivity index (χ0) is 12.8. The molecule has 0 fully saturated rings. The minimum absolute atomic E-state index is 0.0243. The highest BCUT2D eigenvalue weighted by atomic mass is 16.2. The van der Waals surface area contributed by atoms with E-state index in [1.807, 2.05) is 30.3 Å². The zero-order valence-electron chi connectivity index (χ0n) is 9.54. The van der Waals surface area contributed by atoms with E-state index < -0.39 is 0 Å². The number of nitrogens with one attached hydrogen (secondary N) is 1. The van der Waals surface area contributed by atoms with Gasteiger partial charge in [-0.05, 0) is 6.07 Å². The number of nitrogens with zero attached hydrogens (tertiary/aromatic N) is 2. The number of rotatable bonds is 4. The normalized spacial score (nSPS) is 9.78. The van der Waals surface area contributed by atoms with Gasteiger partial charge in [0.1, 0.15) is 12.0 Å². The number of aromatic nitrogens is 2. The van der Waals surface area contributed by atoms with Crippen LogP contribution in [0.2, 0.25) is 0 Å². The Morgan fingerprint density at radius 1 is 1.22 bits per heavy atom. The molecular formula is C13H11N3O2. The fraction of sp³-hybridized carbons (Fsp3) is 0.0769. The summed E-state index contributed by atoms with van der Waals surface area (Å²) < 4.78 is 0. The van der Waals surface area contributed by atoms with E-state index in [0.717, 1.165) is 5.56 Å². The molecule has 0 saturated heterocycles. The molecule has 5 nitrogen and oxygen atoms in total. The predicted octanol–water partition coefficient (Wildman–Crippen LogP) is 1.07. The highest BCUT2D eigenvalue weighted by Gasteiger charge is 2.08. The third-order valence-corrected chi connectivity index (χ3v) is 2.27. The lowest BCUT2D eigenvalue weighted by Crippen LogP contribution is -2.26. The number of carbonyl (C=O) groups is 2. The highest BCUT2D eigenvalue weighted by molar-refractivity contribution is 5.93. The summed E-state index contributed by atoms with van der Waals surface area (Å²) in [5.41, 5.74) is 1.08. The van der Waals surface area contributed by atoms with Gasteiger partial charge in [-0.15, -0.1) is 0 Å². The minimum atomic E-state index is -0.387. The van der Waals surface area contributed by atoms with Gasteiger partial charge in [-0.2, -0.15) is 0 Å². The molecule has 0 aliphatic carbocycles. The van der Waals surface area contributed by atoms with Crippen LogP contribution in [0.3, 0.4) is 0 Å². The van der Waals surface area contributed by atoms with E-state index in [0.29, 0.717) is 12.1 Å². The maximum absolute atomic E-state index is 11.6. The molecule has 0 aliphatic heterocycles. The molecule has 0 unspecified atom stereocenters. The molecular weight excluding hydrogens is 230 g/mol. The molecule has 1 aromatic heterocycles. The Morgan fingerprint density at radius 2 is 2.00 bits per heavy atom. The van der Waals surface area contributed by atoms with Crippen molar-refractivity contribution in [2.24, 2.45) is 0 Å². The van der Waals surface area contributed by atoms with Crippen LogP contribution in [0.5, 0.6) is 0 Å². The molecule has 0 saturated carbocycles. The number of hydrogen-bond acceptors (Lipinski definition) is 4. The monoisotopic (exact) mass is 241 g/mol. The first-order valence-corrected chi connectivity index (χ1v) is 5.41. The molecule has 18 heavy (non-hydrogen) atoms. The SMILES string of the molecule is O=CCNC(=O)c1ccnc(-c2ccccc2)n1. The van der Waals surface area contributed by atoms with Crippen LogP contribution in [-0.2, 0) is 4.79 Å². The van der Waals surface area contributed by atoms with Crippen LogP contribution in [0.25, 0.3) is 11.4 Å². The molecule has 1 aromatic carbocycles. The van der Waals surface area contributed by atoms with Crippen molar-refractivity contribution in [2.45, 2.75) is 0 Å². The van der Waals surface area contributed by atoms with E-state index in [4.69, 9.17) is 0 Å². The van der Waals surface area contributed by atoms with Crippen molar-refractivity contribution in [3.05, 3.63) is 48.3 Å². The fourth-order valence-corrected chi connectivity index (χ4v) is 1.44. The van der Waals surface area contributed by atoms with Crippen molar-refractivity contribution < 1.29 is 9.59 Å². The second-order valence-corrected chi connectivity index (χ2v) is 3.51. The Hall–Kier alpha value is -2.56. The Labute approximate surface area is 104 Å². The summed E-state index contributed by atoms with van der Waals surface area (Å²) in [6.07, 6.45) is 2.14. The van der Waals surface area contributed by atoms with E-state index in [-0.39, 0.29) is 18.1 Å². The lowest BCUT2D eigenvalue weighted by molar-refractivity contribution is -0.107. The van der Waals surface area contributed by atoms with Gasteiger partial charge in [-0.3, -0.25) is 4.79 Å². The quantitative estimate of drug-likeness (QED) is 0.813. The molecule has 0 bridgehead atoms. The third kappa shape index (κ3) is 2.76. The average Bonchev–Trinajstić information content (AvgIpc) is 2.46. The lowest BCUT2D eigenvalue weighted by Gasteiger charge is -2.03. The maximum atomic E-state index is 11.6. The number of benzene rings is 1. The number of aldehydes is 1. The standard InChI is InChI=1S/C13H11N3O2/c17-9-8-15-13(18)11-6-7-14-12(16-11)10-4-2-1-3-5-10/h1-7,9H,8H2,(H,15,18). The molecule has 0 spiro atoms. The summed E-state index contributed by atoms with van der Waals surface area (Å²) in [7, 11) is 0. The molecule has 2 rings (SSSR count). The summed E-state index contributed by atoms with van der Waals surface area (Å²) in [5, 5.41) is 2.43. The Morgan fingerprint density at radius 3 is 2.72 bits per heavy atom. The van der Waals surface area contributed by atoms with Crippen molar-refractivity contribution in [1.29, 1.82) is 0 Å². The molecule has 0 atom stereocenters. The average molecular weight is 241 g/mol. The first kappa shape index (κ1) is 11.9. The van der Waals surface area contributed by atoms with Gasteiger partial charge in [0.05, 0.1) is 6.54 Å². The van der Waals surface area contributed by atoms with Crippen molar-refractivity contribution in [2.75, 3.05) is 6.54 Å². The minimum Gasteiger partial charge on any atom is -0.344 e. The van der Waals surface area contributed by atoms with E-state index in [2.05, 4.69) is 15.3 Å². The van der Waals surface area contributed by atoms with Crippen molar-refractivity contribution in [3.8, 4) is 11.4 Å². The van der Waals surface area contributed by atoms with Crippen LogP contribution < -0.4 is 5.32 Å². The summed E-state index contributed by atoms with van der Waals surface area (Å²) >= 11 is 0. The zero-order valence-corrected chi connectivity index (χ0v) is 9.54. The second kappa shape index (κ2) is 5.67. The van der Waals surface area contributed by atoms with Gasteiger partial charge in [-0.1, -0.05) is 30.3 Å². The van der Waals surface area contributed by atoms with Gasteiger partial charge in [0, 0.05) is 11.8 Å². The Kier molecular flexibility index (Phi) is 3.76. The summed E-state index contributed by atoms with van der Waals surface area (Å²) in [6, 6.07) is 10.9. The molecule has 5 heteroatoms. The van der Waals surface area contributed by atoms with Gasteiger partial charge in [0.25, 0.3) is 5.91 Å². The third-order valence-electron chi connectivity index (χ3n) is 2.27. The van der Waals surface area contributed by atoms with Crippen molar-refractivity contribution in [3.63, 3.8) is 0 Å². The van der Waals surface area contributed by atoms with Gasteiger partial charge >= 0.3 is 0 Å². The molecule has 0 radical (unpaired) electrons. The van der Waals surface area contributed by atoms with Gasteiger partial charge < -0.3 is 10.1 Å². The van der Waals surface area contributed by atoms with Crippen LogP contribution in [-0.4, -0.2) is 28.7 Å². The Balaban J connectivity index is 2.25. The molecule has 1 N–H and O–H groups in total. The highest BCUT2D eigenvalue weighted by Crippen LogP contribution is 2.13. The van der Waals surface area contributed by atoms with Crippen LogP contribution in [0, 0.1) is 0 Å². The van der Waals surface area contributed by atoms with Crippen LogP contribution in [0.1, 0.15) is 10.5 Å². The smallest absolute Gasteiger partial charge is 0.270 e. The number of amides is 1. The summed E-state index contributed by atoms with van der Waals surface area (Å²) in [5.74, 6) is 0.0936. The second-order valence-electron chi connectivity index (χ2n) is 3.51. The van der Waals surface area contributed by atoms with Crippen molar-refractivity contribution >= 4 is 12.2 Å². The van der Waals surface area contributed by atoms with Crippen LogP contribution >= 0.6 is 0 Å². The molecule has 2 aromatic rings. The molecule has 1 amide bonds. The summed E-state index contributed by atoms with van der Waals surface area (Å²) in [6.45, 7) is -0.0243. The molecule has 1 heterocycles. The van der Waals surface area contributed by atoms with E-state index in [1.54, 1.807) is 0 Å². The predicted molar refractivity (Wildman–Crippen MR) is 65.9 cm³/mol.